The number of nitrogens with one attached hydrogen (secondary N) is 1. The molecule has 142 valence electrons. The maximum Gasteiger partial charge on any atom is 0.275 e. The Kier molecular flexibility index (Phi) is 4.55. The molecule has 4 rings (SSSR count). The maximum atomic E-state index is 14.1. The molecule has 1 N–H and O–H groups in total. The van der Waals surface area contributed by atoms with Crippen molar-refractivity contribution in [3.63, 3.8) is 0 Å². The van der Waals surface area contributed by atoms with Gasteiger partial charge in [0, 0.05) is 23.7 Å². The molecule has 0 bridgehead atoms. The predicted octanol–water partition coefficient (Wildman–Crippen LogP) is 3.14. The zero-order valence-electron chi connectivity index (χ0n) is 15.5. The van der Waals surface area contributed by atoms with Crippen LogP contribution in [0.3, 0.4) is 0 Å². The normalized spacial score (nSPS) is 14.5. The summed E-state index contributed by atoms with van der Waals surface area (Å²) in [5.74, 6) is -1.02. The molecule has 0 aliphatic heterocycles. The standard InChI is InChI=1S/C22H20FN3O2/c1-15-13-19(27)20(25-26(15)18-10-6-5-9-17(18)23)21(28)24-14-22(11-12-22)16-7-3-2-4-8-16/h2-10,13H,11-12,14H2,1H3,(H,24,28). The van der Waals surface area contributed by atoms with E-state index in [-0.39, 0.29) is 16.8 Å². The molecule has 1 fully saturated rings. The van der Waals surface area contributed by atoms with Crippen LogP contribution in [0.15, 0.2) is 65.5 Å². The minimum absolute atomic E-state index is 0.0772. The fourth-order valence-electron chi connectivity index (χ4n) is 3.42. The Morgan fingerprint density at radius 3 is 2.50 bits per heavy atom. The number of halogens is 1. The summed E-state index contributed by atoms with van der Waals surface area (Å²) in [6.07, 6.45) is 1.97. The number of aryl methyl sites for hydroxylation is 1. The molecule has 1 aliphatic carbocycles. The fraction of sp³-hybridized carbons (Fsp3) is 0.227. The van der Waals surface area contributed by atoms with Crippen LogP contribution in [0.4, 0.5) is 4.39 Å². The highest BCUT2D eigenvalue weighted by atomic mass is 19.1. The van der Waals surface area contributed by atoms with Crippen molar-refractivity contribution in [1.29, 1.82) is 0 Å². The number of rotatable bonds is 5. The van der Waals surface area contributed by atoms with Gasteiger partial charge in [-0.1, -0.05) is 42.5 Å². The topological polar surface area (TPSA) is 64.0 Å². The highest BCUT2D eigenvalue weighted by Gasteiger charge is 2.44. The molecule has 5 nitrogen and oxygen atoms in total. The Hall–Kier alpha value is -3.28. The molecule has 0 unspecified atom stereocenters. The van der Waals surface area contributed by atoms with E-state index in [2.05, 4.69) is 22.5 Å². The summed E-state index contributed by atoms with van der Waals surface area (Å²) in [6.45, 7) is 2.08. The lowest BCUT2D eigenvalue weighted by Crippen LogP contribution is -2.36. The number of aromatic nitrogens is 2. The third-order valence-electron chi connectivity index (χ3n) is 5.23. The van der Waals surface area contributed by atoms with Crippen LogP contribution >= 0.6 is 0 Å². The van der Waals surface area contributed by atoms with Gasteiger partial charge in [0.1, 0.15) is 11.5 Å². The first-order valence-corrected chi connectivity index (χ1v) is 9.20. The van der Waals surface area contributed by atoms with E-state index in [1.807, 2.05) is 18.2 Å². The van der Waals surface area contributed by atoms with Crippen molar-refractivity contribution >= 4 is 5.91 Å². The molecule has 1 heterocycles. The van der Waals surface area contributed by atoms with Gasteiger partial charge in [-0.3, -0.25) is 9.59 Å². The van der Waals surface area contributed by atoms with E-state index >= 15 is 0 Å². The Bertz CT molecular complexity index is 1090. The molecule has 0 atom stereocenters. The zero-order chi connectivity index (χ0) is 19.7. The molecular formula is C22H20FN3O2. The molecule has 3 aromatic rings. The second-order valence-corrected chi connectivity index (χ2v) is 7.19. The van der Waals surface area contributed by atoms with E-state index in [0.29, 0.717) is 12.2 Å². The molecular weight excluding hydrogens is 357 g/mol. The summed E-state index contributed by atoms with van der Waals surface area (Å²) in [4.78, 5) is 25.0. The molecule has 1 aliphatic rings. The van der Waals surface area contributed by atoms with Gasteiger partial charge in [0.2, 0.25) is 5.43 Å². The molecule has 2 aromatic carbocycles. The van der Waals surface area contributed by atoms with Gasteiger partial charge in [-0.25, -0.2) is 9.07 Å². The van der Waals surface area contributed by atoms with Crippen molar-refractivity contribution in [2.75, 3.05) is 6.54 Å². The summed E-state index contributed by atoms with van der Waals surface area (Å²) in [7, 11) is 0. The minimum atomic E-state index is -0.544. The highest BCUT2D eigenvalue weighted by Crippen LogP contribution is 2.47. The van der Waals surface area contributed by atoms with E-state index in [0.717, 1.165) is 12.8 Å². The smallest absolute Gasteiger partial charge is 0.275 e. The summed E-state index contributed by atoms with van der Waals surface area (Å²) in [6, 6.07) is 17.4. The van der Waals surface area contributed by atoms with Gasteiger partial charge in [0.05, 0.1) is 0 Å². The number of carbonyl (C=O) groups excluding carboxylic acids is 1. The first kappa shape index (κ1) is 18.1. The summed E-state index contributed by atoms with van der Waals surface area (Å²) in [5, 5.41) is 6.99. The Labute approximate surface area is 161 Å². The molecule has 1 saturated carbocycles. The second kappa shape index (κ2) is 7.03. The number of nitrogens with zero attached hydrogens (tertiary/aromatic N) is 2. The Morgan fingerprint density at radius 2 is 1.82 bits per heavy atom. The minimum Gasteiger partial charge on any atom is -0.350 e. The van der Waals surface area contributed by atoms with Crippen molar-refractivity contribution in [1.82, 2.24) is 15.1 Å². The summed E-state index contributed by atoms with van der Waals surface area (Å²) >= 11 is 0. The molecule has 6 heteroatoms. The molecule has 0 spiro atoms. The average molecular weight is 377 g/mol. The van der Waals surface area contributed by atoms with E-state index in [1.54, 1.807) is 25.1 Å². The number of hydrogen-bond acceptors (Lipinski definition) is 3. The van der Waals surface area contributed by atoms with Crippen LogP contribution in [0.1, 0.15) is 34.6 Å². The van der Waals surface area contributed by atoms with Gasteiger partial charge in [-0.2, -0.15) is 5.10 Å². The van der Waals surface area contributed by atoms with Crippen LogP contribution in [0.5, 0.6) is 0 Å². The van der Waals surface area contributed by atoms with Gasteiger partial charge in [0.25, 0.3) is 5.91 Å². The van der Waals surface area contributed by atoms with Gasteiger partial charge in [-0.05, 0) is 37.5 Å². The van der Waals surface area contributed by atoms with Crippen LogP contribution in [0, 0.1) is 12.7 Å². The third kappa shape index (κ3) is 3.33. The summed E-state index contributed by atoms with van der Waals surface area (Å²) in [5.41, 5.74) is 1.03. The van der Waals surface area contributed by atoms with E-state index in [4.69, 9.17) is 0 Å². The number of hydrogen-bond donors (Lipinski definition) is 1. The third-order valence-corrected chi connectivity index (χ3v) is 5.23. The number of carbonyl (C=O) groups is 1. The average Bonchev–Trinajstić information content (AvgIpc) is 3.49. The molecule has 28 heavy (non-hydrogen) atoms. The van der Waals surface area contributed by atoms with Crippen LogP contribution in [0.2, 0.25) is 0 Å². The Balaban J connectivity index is 1.59. The lowest BCUT2D eigenvalue weighted by atomic mass is 9.96. The number of para-hydroxylation sites is 1. The molecule has 1 aromatic heterocycles. The molecule has 0 saturated heterocycles. The lowest BCUT2D eigenvalue weighted by molar-refractivity contribution is 0.0941. The van der Waals surface area contributed by atoms with Crippen LogP contribution < -0.4 is 10.7 Å². The van der Waals surface area contributed by atoms with Crippen molar-refractivity contribution in [3.05, 3.63) is 93.7 Å². The van der Waals surface area contributed by atoms with Gasteiger partial charge < -0.3 is 5.32 Å². The number of benzene rings is 2. The highest BCUT2D eigenvalue weighted by molar-refractivity contribution is 5.92. The summed E-state index contributed by atoms with van der Waals surface area (Å²) < 4.78 is 15.4. The number of amides is 1. The van der Waals surface area contributed by atoms with Crippen LogP contribution in [-0.4, -0.2) is 22.2 Å². The van der Waals surface area contributed by atoms with Crippen molar-refractivity contribution in [3.8, 4) is 5.69 Å². The van der Waals surface area contributed by atoms with E-state index in [9.17, 15) is 14.0 Å². The van der Waals surface area contributed by atoms with Crippen LogP contribution in [-0.2, 0) is 5.41 Å². The maximum absolute atomic E-state index is 14.1. The zero-order valence-corrected chi connectivity index (χ0v) is 15.5. The van der Waals surface area contributed by atoms with Gasteiger partial charge in [0.15, 0.2) is 5.69 Å². The van der Waals surface area contributed by atoms with Crippen molar-refractivity contribution in [2.24, 2.45) is 0 Å². The fourth-order valence-corrected chi connectivity index (χ4v) is 3.42. The SMILES string of the molecule is Cc1cc(=O)c(C(=O)NCC2(c3ccccc3)CC2)nn1-c1ccccc1F. The molecule has 1 amide bonds. The predicted molar refractivity (Wildman–Crippen MR) is 104 cm³/mol. The second-order valence-electron chi connectivity index (χ2n) is 7.19. The monoisotopic (exact) mass is 377 g/mol. The van der Waals surface area contributed by atoms with Crippen molar-refractivity contribution < 1.29 is 9.18 Å². The first-order valence-electron chi connectivity index (χ1n) is 9.20. The van der Waals surface area contributed by atoms with Gasteiger partial charge in [-0.15, -0.1) is 0 Å². The van der Waals surface area contributed by atoms with Crippen molar-refractivity contribution in [2.45, 2.75) is 25.2 Å². The van der Waals surface area contributed by atoms with Gasteiger partial charge >= 0.3 is 0 Å². The quantitative estimate of drug-likeness (QED) is 0.743. The van der Waals surface area contributed by atoms with E-state index < -0.39 is 17.2 Å². The van der Waals surface area contributed by atoms with E-state index in [1.165, 1.54) is 22.4 Å². The first-order chi connectivity index (χ1) is 13.5. The Morgan fingerprint density at radius 1 is 1.14 bits per heavy atom. The lowest BCUT2D eigenvalue weighted by Gasteiger charge is -2.17. The molecule has 0 radical (unpaired) electrons. The van der Waals surface area contributed by atoms with Crippen LogP contribution in [0.25, 0.3) is 5.69 Å². The largest absolute Gasteiger partial charge is 0.350 e.